The first-order chi connectivity index (χ1) is 7.40. The van der Waals surface area contributed by atoms with E-state index >= 15 is 0 Å². The van der Waals surface area contributed by atoms with Gasteiger partial charge in [0.25, 0.3) is 0 Å². The number of hydrogen-bond acceptors (Lipinski definition) is 3. The maximum Gasteiger partial charge on any atom is 0.103 e. The van der Waals surface area contributed by atoms with E-state index in [1.54, 1.807) is 0 Å². The molecule has 0 aliphatic carbocycles. The maximum atomic E-state index is 12.9. The summed E-state index contributed by atoms with van der Waals surface area (Å²) in [6, 6.07) is 0. The molecule has 0 spiro atoms. The first-order valence-corrected chi connectivity index (χ1v) is 8.59. The summed E-state index contributed by atoms with van der Waals surface area (Å²) >= 11 is 0. The van der Waals surface area contributed by atoms with Crippen LogP contribution in [0.2, 0.25) is 0 Å². The number of hydrogen-bond donors (Lipinski definition) is 0. The van der Waals surface area contributed by atoms with Crippen LogP contribution in [0.3, 0.4) is 0 Å². The van der Waals surface area contributed by atoms with Gasteiger partial charge in [-0.15, -0.1) is 0 Å². The van der Waals surface area contributed by atoms with Gasteiger partial charge in [-0.05, 0) is 38.5 Å². The van der Waals surface area contributed by atoms with Crippen molar-refractivity contribution in [2.45, 2.75) is 66.7 Å². The molecule has 4 heteroatoms. The van der Waals surface area contributed by atoms with Crippen LogP contribution in [0.25, 0.3) is 0 Å². The third-order valence-corrected chi connectivity index (χ3v) is 7.19. The zero-order valence-electron chi connectivity index (χ0n) is 12.7. The molecule has 0 N–H and O–H groups in total. The second-order valence-electron chi connectivity index (χ2n) is 6.82. The number of rotatable bonds is 4. The van der Waals surface area contributed by atoms with Gasteiger partial charge in [-0.1, -0.05) is 34.6 Å². The summed E-state index contributed by atoms with van der Waals surface area (Å²) in [7, 11) is -2.45. The van der Waals surface area contributed by atoms with Gasteiger partial charge in [-0.3, -0.25) is 0 Å². The van der Waals surface area contributed by atoms with Crippen LogP contribution in [0, 0.1) is 10.6 Å². The molecule has 0 heterocycles. The van der Waals surface area contributed by atoms with Crippen molar-refractivity contribution in [2.75, 3.05) is 12.3 Å². The fourth-order valence-corrected chi connectivity index (χ4v) is 5.46. The maximum absolute atomic E-state index is 12.9. The van der Waals surface area contributed by atoms with Gasteiger partial charge < -0.3 is 14.8 Å². The Hall–Kier alpha value is 0.150. The molecule has 0 saturated carbocycles. The van der Waals surface area contributed by atoms with E-state index < -0.39 is 18.5 Å². The predicted octanol–water partition coefficient (Wildman–Crippen LogP) is 4.36. The molecule has 0 rings (SSSR count). The highest BCUT2D eigenvalue weighted by molar-refractivity contribution is 7.64. The molecule has 0 fully saturated rings. The van der Waals surface area contributed by atoms with E-state index in [-0.39, 0.29) is 5.41 Å². The molecular weight excluding hydrogens is 233 g/mol. The summed E-state index contributed by atoms with van der Waals surface area (Å²) in [5.41, 5.74) is -0.769. The molecule has 17 heavy (non-hydrogen) atoms. The van der Waals surface area contributed by atoms with Crippen LogP contribution >= 0.6 is 7.14 Å². The van der Waals surface area contributed by atoms with Crippen molar-refractivity contribution >= 4 is 7.14 Å². The summed E-state index contributed by atoms with van der Waals surface area (Å²) in [4.78, 5) is 0. The van der Waals surface area contributed by atoms with Crippen molar-refractivity contribution in [1.29, 1.82) is 0 Å². The molecule has 0 aliphatic rings. The first kappa shape index (κ1) is 17.2. The van der Waals surface area contributed by atoms with Crippen LogP contribution < -0.4 is 0 Å². The third-order valence-electron chi connectivity index (χ3n) is 3.17. The van der Waals surface area contributed by atoms with Gasteiger partial charge in [0.2, 0.25) is 0 Å². The van der Waals surface area contributed by atoms with E-state index in [9.17, 15) is 9.77 Å². The summed E-state index contributed by atoms with van der Waals surface area (Å²) in [5, 5.41) is 13.6. The lowest BCUT2D eigenvalue weighted by Crippen LogP contribution is -2.50. The van der Waals surface area contributed by atoms with E-state index in [0.29, 0.717) is 12.3 Å². The molecule has 0 aromatic rings. The predicted molar refractivity (Wildman–Crippen MR) is 76.9 cm³/mol. The van der Waals surface area contributed by atoms with Crippen LogP contribution in [0.5, 0.6) is 0 Å². The zero-order chi connectivity index (χ0) is 14.1. The SMILES string of the molecule is CCP(=O)(CC)C(N([O-])C(C)(C)C)C(C)(C)C. The second kappa shape index (κ2) is 5.42. The summed E-state index contributed by atoms with van der Waals surface area (Å²) in [5.74, 6) is -0.398. The molecular formula is C13H29NO2P-. The van der Waals surface area contributed by atoms with Crippen molar-refractivity contribution < 1.29 is 4.57 Å². The highest BCUT2D eigenvalue weighted by Gasteiger charge is 2.41. The van der Waals surface area contributed by atoms with E-state index in [2.05, 4.69) is 0 Å². The largest absolute Gasteiger partial charge is 0.784 e. The first-order valence-electron chi connectivity index (χ1n) is 6.44. The lowest BCUT2D eigenvalue weighted by Gasteiger charge is -2.54. The molecule has 1 unspecified atom stereocenters. The van der Waals surface area contributed by atoms with Gasteiger partial charge in [0, 0.05) is 5.54 Å². The normalized spacial score (nSPS) is 16.4. The Bertz CT molecular complexity index is 281. The average molecular weight is 262 g/mol. The summed E-state index contributed by atoms with van der Waals surface area (Å²) in [6.45, 7) is 15.5. The fourth-order valence-electron chi connectivity index (χ4n) is 2.19. The Kier molecular flexibility index (Phi) is 5.47. The standard InChI is InChI=1S/C13H29NO2P/c1-9-17(16,10-2)11(12(3,4)5)14(15)13(6,7)8/h11H,9-10H2,1-8H3/q-1. The molecule has 0 saturated heterocycles. The summed E-state index contributed by atoms with van der Waals surface area (Å²) < 4.78 is 12.9. The third kappa shape index (κ3) is 4.08. The van der Waals surface area contributed by atoms with Crippen molar-refractivity contribution in [2.24, 2.45) is 5.41 Å². The van der Waals surface area contributed by atoms with Crippen molar-refractivity contribution in [1.82, 2.24) is 5.06 Å². The molecule has 0 aromatic carbocycles. The van der Waals surface area contributed by atoms with E-state index in [4.69, 9.17) is 0 Å². The van der Waals surface area contributed by atoms with E-state index in [0.717, 1.165) is 5.06 Å². The smallest absolute Gasteiger partial charge is 0.103 e. The monoisotopic (exact) mass is 262 g/mol. The van der Waals surface area contributed by atoms with Gasteiger partial charge in [0.05, 0.1) is 5.78 Å². The van der Waals surface area contributed by atoms with E-state index in [1.807, 2.05) is 55.4 Å². The Labute approximate surface area is 107 Å². The average Bonchev–Trinajstić information content (AvgIpc) is 2.14. The molecule has 0 amide bonds. The van der Waals surface area contributed by atoms with Crippen molar-refractivity contribution in [3.05, 3.63) is 5.21 Å². The van der Waals surface area contributed by atoms with Crippen molar-refractivity contribution in [3.63, 3.8) is 0 Å². The molecule has 0 bridgehead atoms. The van der Waals surface area contributed by atoms with Gasteiger partial charge in [-0.2, -0.15) is 0 Å². The van der Waals surface area contributed by atoms with Crippen LogP contribution in [-0.4, -0.2) is 28.7 Å². The Morgan fingerprint density at radius 2 is 1.41 bits per heavy atom. The minimum absolute atomic E-state index is 0.267. The minimum atomic E-state index is -2.45. The van der Waals surface area contributed by atoms with Gasteiger partial charge in [0.15, 0.2) is 0 Å². The Morgan fingerprint density at radius 3 is 1.59 bits per heavy atom. The quantitative estimate of drug-likeness (QED) is 0.558. The Morgan fingerprint density at radius 1 is 1.06 bits per heavy atom. The summed E-state index contributed by atoms with van der Waals surface area (Å²) in [6.07, 6.45) is 1.19. The molecule has 3 nitrogen and oxygen atoms in total. The lowest BCUT2D eigenvalue weighted by atomic mass is 9.94. The second-order valence-corrected chi connectivity index (χ2v) is 10.5. The van der Waals surface area contributed by atoms with Crippen LogP contribution in [0.1, 0.15) is 55.4 Å². The van der Waals surface area contributed by atoms with Gasteiger partial charge in [-0.25, -0.2) is 0 Å². The number of nitrogens with zero attached hydrogens (tertiary/aromatic N) is 1. The van der Waals surface area contributed by atoms with Gasteiger partial charge in [0.1, 0.15) is 7.14 Å². The highest BCUT2D eigenvalue weighted by atomic mass is 31.2. The fraction of sp³-hybridized carbons (Fsp3) is 1.00. The lowest BCUT2D eigenvalue weighted by molar-refractivity contribution is 0.117. The van der Waals surface area contributed by atoms with Crippen molar-refractivity contribution in [3.8, 4) is 0 Å². The van der Waals surface area contributed by atoms with Crippen LogP contribution in [0.15, 0.2) is 0 Å². The highest BCUT2D eigenvalue weighted by Crippen LogP contribution is 2.58. The molecule has 104 valence electrons. The molecule has 1 atom stereocenters. The molecule has 0 radical (unpaired) electrons. The van der Waals surface area contributed by atoms with Crippen LogP contribution in [-0.2, 0) is 4.57 Å². The zero-order valence-corrected chi connectivity index (χ0v) is 13.6. The minimum Gasteiger partial charge on any atom is -0.784 e. The Balaban J connectivity index is 5.54. The molecule has 0 aliphatic heterocycles. The number of hydroxylamine groups is 2. The topological polar surface area (TPSA) is 43.4 Å². The van der Waals surface area contributed by atoms with E-state index in [1.165, 1.54) is 0 Å². The van der Waals surface area contributed by atoms with Crippen LogP contribution in [0.4, 0.5) is 0 Å². The molecule has 0 aromatic heterocycles. The van der Waals surface area contributed by atoms with Gasteiger partial charge >= 0.3 is 0 Å².